The molecule has 0 aliphatic carbocycles. The van der Waals surface area contributed by atoms with Crippen LogP contribution in [0.25, 0.3) is 0 Å². The molecule has 7 nitrogen and oxygen atoms in total. The lowest BCUT2D eigenvalue weighted by molar-refractivity contribution is 0.410. The van der Waals surface area contributed by atoms with Crippen LogP contribution in [0.15, 0.2) is 54.7 Å². The lowest BCUT2D eigenvalue weighted by Crippen LogP contribution is -2.47. The Labute approximate surface area is 169 Å². The fourth-order valence-electron chi connectivity index (χ4n) is 3.43. The van der Waals surface area contributed by atoms with Crippen LogP contribution in [0.3, 0.4) is 0 Å². The number of aromatic nitrogens is 3. The van der Waals surface area contributed by atoms with Crippen molar-refractivity contribution in [2.75, 3.05) is 48.4 Å². The van der Waals surface area contributed by atoms with E-state index in [4.69, 9.17) is 4.74 Å². The second-order valence-corrected chi connectivity index (χ2v) is 6.73. The zero-order valence-corrected chi connectivity index (χ0v) is 16.3. The van der Waals surface area contributed by atoms with Crippen molar-refractivity contribution in [3.8, 4) is 5.75 Å². The van der Waals surface area contributed by atoms with Crippen LogP contribution in [0, 0.1) is 5.82 Å². The van der Waals surface area contributed by atoms with Gasteiger partial charge < -0.3 is 19.9 Å². The highest BCUT2D eigenvalue weighted by Crippen LogP contribution is 2.22. The number of ether oxygens (including phenoxy) is 1. The number of piperazine rings is 1. The van der Waals surface area contributed by atoms with Crippen LogP contribution in [0.2, 0.25) is 0 Å². The van der Waals surface area contributed by atoms with Gasteiger partial charge in [0.1, 0.15) is 11.6 Å². The van der Waals surface area contributed by atoms with Gasteiger partial charge in [-0.3, -0.25) is 0 Å². The van der Waals surface area contributed by atoms with Crippen molar-refractivity contribution in [2.45, 2.75) is 6.54 Å². The van der Waals surface area contributed by atoms with E-state index in [1.807, 2.05) is 36.4 Å². The average Bonchev–Trinajstić information content (AvgIpc) is 2.78. The fourth-order valence-corrected chi connectivity index (χ4v) is 3.43. The zero-order chi connectivity index (χ0) is 20.1. The van der Waals surface area contributed by atoms with Crippen LogP contribution in [-0.4, -0.2) is 48.5 Å². The highest BCUT2D eigenvalue weighted by molar-refractivity contribution is 5.50. The standard InChI is InChI=1S/C21H23FN6O/c1-29-19-9-5-2-6-16(19)14-23-21-25-20(15-24-26-21)28-12-10-27(11-13-28)18-8-4-3-7-17(18)22/h2-9,15H,10-14H2,1H3,(H,23,25,26). The summed E-state index contributed by atoms with van der Waals surface area (Å²) in [5.74, 6) is 1.85. The van der Waals surface area contributed by atoms with Gasteiger partial charge in [-0.05, 0) is 18.2 Å². The van der Waals surface area contributed by atoms with E-state index in [-0.39, 0.29) is 5.82 Å². The Morgan fingerprint density at radius 3 is 2.52 bits per heavy atom. The number of methoxy groups -OCH3 is 1. The van der Waals surface area contributed by atoms with Crippen LogP contribution >= 0.6 is 0 Å². The van der Waals surface area contributed by atoms with Crippen molar-refractivity contribution < 1.29 is 9.13 Å². The lowest BCUT2D eigenvalue weighted by atomic mass is 10.2. The van der Waals surface area contributed by atoms with Crippen molar-refractivity contribution >= 4 is 17.5 Å². The zero-order valence-electron chi connectivity index (χ0n) is 16.3. The number of nitrogens with zero attached hydrogens (tertiary/aromatic N) is 5. The molecule has 1 aliphatic rings. The molecule has 150 valence electrons. The third kappa shape index (κ3) is 4.37. The molecule has 0 saturated carbocycles. The van der Waals surface area contributed by atoms with Gasteiger partial charge >= 0.3 is 0 Å². The summed E-state index contributed by atoms with van der Waals surface area (Å²) in [6.07, 6.45) is 1.66. The van der Waals surface area contributed by atoms with Gasteiger partial charge in [0.05, 0.1) is 19.0 Å². The molecular formula is C21H23FN6O. The first-order valence-electron chi connectivity index (χ1n) is 9.54. The molecule has 1 saturated heterocycles. The number of hydrogen-bond acceptors (Lipinski definition) is 7. The molecule has 0 amide bonds. The predicted octanol–water partition coefficient (Wildman–Crippen LogP) is 2.96. The van der Waals surface area contributed by atoms with E-state index in [9.17, 15) is 4.39 Å². The van der Waals surface area contributed by atoms with Crippen molar-refractivity contribution in [1.82, 2.24) is 15.2 Å². The van der Waals surface area contributed by atoms with Crippen LogP contribution < -0.4 is 19.9 Å². The minimum atomic E-state index is -0.188. The monoisotopic (exact) mass is 394 g/mol. The molecule has 1 N–H and O–H groups in total. The van der Waals surface area contributed by atoms with E-state index in [1.54, 1.807) is 19.4 Å². The Morgan fingerprint density at radius 2 is 1.72 bits per heavy atom. The van der Waals surface area contributed by atoms with Gasteiger partial charge in [0, 0.05) is 38.3 Å². The summed E-state index contributed by atoms with van der Waals surface area (Å²) in [6, 6.07) is 14.7. The molecule has 0 bridgehead atoms. The van der Waals surface area contributed by atoms with Gasteiger partial charge in [-0.2, -0.15) is 10.1 Å². The Hall–Kier alpha value is -3.42. The van der Waals surface area contributed by atoms with Crippen LogP contribution in [0.5, 0.6) is 5.75 Å². The number of para-hydroxylation sites is 2. The summed E-state index contributed by atoms with van der Waals surface area (Å²) in [5.41, 5.74) is 1.66. The minimum Gasteiger partial charge on any atom is -0.496 e. The predicted molar refractivity (Wildman–Crippen MR) is 111 cm³/mol. The molecular weight excluding hydrogens is 371 g/mol. The SMILES string of the molecule is COc1ccccc1CNc1nncc(N2CCN(c3ccccc3F)CC2)n1. The maximum absolute atomic E-state index is 14.0. The molecule has 0 spiro atoms. The Morgan fingerprint density at radius 1 is 1.00 bits per heavy atom. The molecule has 4 rings (SSSR count). The minimum absolute atomic E-state index is 0.188. The van der Waals surface area contributed by atoms with Crippen LogP contribution in [0.1, 0.15) is 5.56 Å². The van der Waals surface area contributed by atoms with E-state index >= 15 is 0 Å². The fraction of sp³-hybridized carbons (Fsp3) is 0.286. The smallest absolute Gasteiger partial charge is 0.244 e. The molecule has 8 heteroatoms. The van der Waals surface area contributed by atoms with E-state index in [0.717, 1.165) is 43.3 Å². The normalized spacial score (nSPS) is 14.0. The summed E-state index contributed by atoms with van der Waals surface area (Å²) in [5, 5.41) is 11.4. The number of rotatable bonds is 6. The number of benzene rings is 2. The van der Waals surface area contributed by atoms with Crippen molar-refractivity contribution in [3.05, 3.63) is 66.1 Å². The van der Waals surface area contributed by atoms with Crippen molar-refractivity contribution in [3.63, 3.8) is 0 Å². The lowest BCUT2D eigenvalue weighted by Gasteiger charge is -2.36. The van der Waals surface area contributed by atoms with E-state index < -0.39 is 0 Å². The van der Waals surface area contributed by atoms with Gasteiger partial charge in [0.15, 0.2) is 5.82 Å². The molecule has 0 radical (unpaired) electrons. The van der Waals surface area contributed by atoms with E-state index in [2.05, 4.69) is 30.3 Å². The van der Waals surface area contributed by atoms with Gasteiger partial charge in [0.2, 0.25) is 5.95 Å². The number of hydrogen-bond donors (Lipinski definition) is 1. The highest BCUT2D eigenvalue weighted by atomic mass is 19.1. The third-order valence-corrected chi connectivity index (χ3v) is 4.97. The summed E-state index contributed by atoms with van der Waals surface area (Å²) >= 11 is 0. The third-order valence-electron chi connectivity index (χ3n) is 4.97. The average molecular weight is 394 g/mol. The first-order chi connectivity index (χ1) is 14.2. The van der Waals surface area contributed by atoms with Gasteiger partial charge in [-0.15, -0.1) is 5.10 Å². The first-order valence-corrected chi connectivity index (χ1v) is 9.54. The quantitative estimate of drug-likeness (QED) is 0.689. The Kier molecular flexibility index (Phi) is 5.69. The number of halogens is 1. The highest BCUT2D eigenvalue weighted by Gasteiger charge is 2.20. The summed E-state index contributed by atoms with van der Waals surface area (Å²) < 4.78 is 19.4. The second-order valence-electron chi connectivity index (χ2n) is 6.73. The van der Waals surface area contributed by atoms with Gasteiger partial charge in [-0.25, -0.2) is 4.39 Å². The Balaban J connectivity index is 1.39. The van der Waals surface area contributed by atoms with Crippen molar-refractivity contribution in [1.29, 1.82) is 0 Å². The van der Waals surface area contributed by atoms with Gasteiger partial charge in [-0.1, -0.05) is 30.3 Å². The summed E-state index contributed by atoms with van der Waals surface area (Å²) in [4.78, 5) is 8.79. The van der Waals surface area contributed by atoms with Crippen LogP contribution in [-0.2, 0) is 6.54 Å². The second kappa shape index (κ2) is 8.72. The Bertz CT molecular complexity index is 961. The molecule has 1 aromatic heterocycles. The molecule has 2 heterocycles. The topological polar surface area (TPSA) is 66.4 Å². The molecule has 0 unspecified atom stereocenters. The van der Waals surface area contributed by atoms with Crippen LogP contribution in [0.4, 0.5) is 21.8 Å². The molecule has 29 heavy (non-hydrogen) atoms. The van der Waals surface area contributed by atoms with E-state index in [1.165, 1.54) is 6.07 Å². The molecule has 2 aromatic carbocycles. The summed E-state index contributed by atoms with van der Waals surface area (Å²) in [7, 11) is 1.65. The maximum Gasteiger partial charge on any atom is 0.244 e. The van der Waals surface area contributed by atoms with Gasteiger partial charge in [0.25, 0.3) is 0 Å². The summed E-state index contributed by atoms with van der Waals surface area (Å²) in [6.45, 7) is 3.44. The molecule has 1 aliphatic heterocycles. The van der Waals surface area contributed by atoms with Crippen molar-refractivity contribution in [2.24, 2.45) is 0 Å². The number of anilines is 3. The maximum atomic E-state index is 14.0. The largest absolute Gasteiger partial charge is 0.496 e. The molecule has 0 atom stereocenters. The molecule has 1 fully saturated rings. The molecule has 3 aromatic rings. The van der Waals surface area contributed by atoms with E-state index in [0.29, 0.717) is 18.2 Å². The first kappa shape index (κ1) is 18.9. The number of nitrogens with one attached hydrogen (secondary N) is 1.